The molecule has 1 saturated heterocycles. The SMILES string of the molecule is CNC(=O)[C@@H]1CCCCN1CC1CCC(C)CC1. The van der Waals surface area contributed by atoms with Crippen molar-refractivity contribution in [2.45, 2.75) is 57.9 Å². The summed E-state index contributed by atoms with van der Waals surface area (Å²) in [5.41, 5.74) is 0. The summed E-state index contributed by atoms with van der Waals surface area (Å²) in [5.74, 6) is 1.96. The molecule has 0 bridgehead atoms. The highest BCUT2D eigenvalue weighted by Crippen LogP contribution is 2.30. The molecule has 2 aliphatic rings. The zero-order valence-electron chi connectivity index (χ0n) is 12.0. The number of nitrogens with zero attached hydrogens (tertiary/aromatic N) is 1. The average molecular weight is 252 g/mol. The molecule has 1 saturated carbocycles. The Balaban J connectivity index is 1.87. The van der Waals surface area contributed by atoms with Crippen LogP contribution in [0, 0.1) is 11.8 Å². The molecule has 104 valence electrons. The fourth-order valence-electron chi connectivity index (χ4n) is 3.52. The molecular formula is C15H28N2O. The van der Waals surface area contributed by atoms with Gasteiger partial charge in [0.1, 0.15) is 0 Å². The van der Waals surface area contributed by atoms with Crippen LogP contribution in [0.15, 0.2) is 0 Å². The topological polar surface area (TPSA) is 32.3 Å². The van der Waals surface area contributed by atoms with Crippen LogP contribution < -0.4 is 5.32 Å². The Hall–Kier alpha value is -0.570. The van der Waals surface area contributed by atoms with Crippen LogP contribution in [0.4, 0.5) is 0 Å². The Morgan fingerprint density at radius 2 is 1.89 bits per heavy atom. The Bertz CT molecular complexity index is 272. The highest BCUT2D eigenvalue weighted by molar-refractivity contribution is 5.81. The number of likely N-dealkylation sites (N-methyl/N-ethyl adjacent to an activating group) is 1. The Kier molecular flexibility index (Phi) is 5.04. The Labute approximate surface area is 111 Å². The van der Waals surface area contributed by atoms with E-state index in [9.17, 15) is 4.79 Å². The zero-order valence-corrected chi connectivity index (χ0v) is 12.0. The third kappa shape index (κ3) is 3.47. The summed E-state index contributed by atoms with van der Waals surface area (Å²) in [7, 11) is 1.76. The van der Waals surface area contributed by atoms with Gasteiger partial charge in [-0.3, -0.25) is 9.69 Å². The van der Waals surface area contributed by atoms with Gasteiger partial charge in [0.05, 0.1) is 6.04 Å². The molecule has 18 heavy (non-hydrogen) atoms. The monoisotopic (exact) mass is 252 g/mol. The number of carbonyl (C=O) groups excluding carboxylic acids is 1. The molecule has 1 atom stereocenters. The minimum atomic E-state index is 0.142. The van der Waals surface area contributed by atoms with Crippen molar-refractivity contribution in [1.82, 2.24) is 10.2 Å². The summed E-state index contributed by atoms with van der Waals surface area (Å²) in [5, 5.41) is 2.83. The minimum Gasteiger partial charge on any atom is -0.358 e. The summed E-state index contributed by atoms with van der Waals surface area (Å²) in [6.07, 6.45) is 8.98. The summed E-state index contributed by atoms with van der Waals surface area (Å²) in [6.45, 7) is 4.62. The molecule has 0 radical (unpaired) electrons. The number of hydrogen-bond donors (Lipinski definition) is 1. The van der Waals surface area contributed by atoms with E-state index in [-0.39, 0.29) is 11.9 Å². The second kappa shape index (κ2) is 6.55. The molecule has 0 aromatic carbocycles. The molecule has 1 aliphatic carbocycles. The van der Waals surface area contributed by atoms with Crippen LogP contribution in [-0.4, -0.2) is 37.0 Å². The third-order valence-electron chi connectivity index (χ3n) is 4.79. The van der Waals surface area contributed by atoms with E-state index in [0.717, 1.165) is 31.3 Å². The van der Waals surface area contributed by atoms with Crippen LogP contribution in [0.3, 0.4) is 0 Å². The van der Waals surface area contributed by atoms with Crippen molar-refractivity contribution in [3.8, 4) is 0 Å². The van der Waals surface area contributed by atoms with Gasteiger partial charge in [0.15, 0.2) is 0 Å². The number of amides is 1. The molecule has 2 rings (SSSR count). The summed E-state index contributed by atoms with van der Waals surface area (Å²) < 4.78 is 0. The van der Waals surface area contributed by atoms with Gasteiger partial charge < -0.3 is 5.32 Å². The fourth-order valence-corrected chi connectivity index (χ4v) is 3.52. The molecule has 0 aromatic rings. The smallest absolute Gasteiger partial charge is 0.237 e. The van der Waals surface area contributed by atoms with E-state index in [1.165, 1.54) is 38.5 Å². The van der Waals surface area contributed by atoms with Crippen LogP contribution in [-0.2, 0) is 4.79 Å². The first-order valence-corrected chi connectivity index (χ1v) is 7.66. The zero-order chi connectivity index (χ0) is 13.0. The van der Waals surface area contributed by atoms with E-state index >= 15 is 0 Å². The first kappa shape index (κ1) is 13.9. The third-order valence-corrected chi connectivity index (χ3v) is 4.79. The molecular weight excluding hydrogens is 224 g/mol. The van der Waals surface area contributed by atoms with Gasteiger partial charge in [0.25, 0.3) is 0 Å². The molecule has 1 aliphatic heterocycles. The van der Waals surface area contributed by atoms with Crippen molar-refractivity contribution < 1.29 is 4.79 Å². The molecule has 1 N–H and O–H groups in total. The molecule has 0 aromatic heterocycles. The Morgan fingerprint density at radius 3 is 2.56 bits per heavy atom. The lowest BCUT2D eigenvalue weighted by molar-refractivity contribution is -0.127. The maximum atomic E-state index is 11.9. The number of piperidine rings is 1. The van der Waals surface area contributed by atoms with E-state index < -0.39 is 0 Å². The van der Waals surface area contributed by atoms with Gasteiger partial charge in [-0.2, -0.15) is 0 Å². The van der Waals surface area contributed by atoms with Crippen molar-refractivity contribution in [1.29, 1.82) is 0 Å². The average Bonchev–Trinajstić information content (AvgIpc) is 2.41. The van der Waals surface area contributed by atoms with Gasteiger partial charge in [-0.1, -0.05) is 26.2 Å². The van der Waals surface area contributed by atoms with Crippen molar-refractivity contribution in [3.63, 3.8) is 0 Å². The highest BCUT2D eigenvalue weighted by atomic mass is 16.2. The molecule has 3 heteroatoms. The first-order chi connectivity index (χ1) is 8.70. The molecule has 1 amide bonds. The van der Waals surface area contributed by atoms with Crippen LogP contribution in [0.2, 0.25) is 0 Å². The van der Waals surface area contributed by atoms with Crippen molar-refractivity contribution in [3.05, 3.63) is 0 Å². The maximum Gasteiger partial charge on any atom is 0.237 e. The Morgan fingerprint density at radius 1 is 1.17 bits per heavy atom. The lowest BCUT2D eigenvalue weighted by Gasteiger charge is -2.38. The summed E-state index contributed by atoms with van der Waals surface area (Å²) in [4.78, 5) is 14.4. The highest BCUT2D eigenvalue weighted by Gasteiger charge is 2.30. The normalized spacial score (nSPS) is 34.2. The predicted molar refractivity (Wildman–Crippen MR) is 74.4 cm³/mol. The van der Waals surface area contributed by atoms with Crippen LogP contribution in [0.5, 0.6) is 0 Å². The van der Waals surface area contributed by atoms with Gasteiger partial charge in [-0.05, 0) is 44.1 Å². The van der Waals surface area contributed by atoms with Crippen molar-refractivity contribution in [2.75, 3.05) is 20.1 Å². The minimum absolute atomic E-state index is 0.142. The number of rotatable bonds is 3. The van der Waals surface area contributed by atoms with Gasteiger partial charge in [-0.15, -0.1) is 0 Å². The largest absolute Gasteiger partial charge is 0.358 e. The van der Waals surface area contributed by atoms with Gasteiger partial charge in [-0.25, -0.2) is 0 Å². The number of hydrogen-bond acceptors (Lipinski definition) is 2. The molecule has 0 spiro atoms. The molecule has 3 nitrogen and oxygen atoms in total. The van der Waals surface area contributed by atoms with Gasteiger partial charge >= 0.3 is 0 Å². The van der Waals surface area contributed by atoms with Crippen molar-refractivity contribution in [2.24, 2.45) is 11.8 Å². The van der Waals surface area contributed by atoms with Crippen molar-refractivity contribution >= 4 is 5.91 Å². The predicted octanol–water partition coefficient (Wildman–Crippen LogP) is 2.41. The van der Waals surface area contributed by atoms with E-state index in [0.29, 0.717) is 0 Å². The number of nitrogens with one attached hydrogen (secondary N) is 1. The van der Waals surface area contributed by atoms with Crippen LogP contribution in [0.25, 0.3) is 0 Å². The van der Waals surface area contributed by atoms with Crippen LogP contribution >= 0.6 is 0 Å². The van der Waals surface area contributed by atoms with Gasteiger partial charge in [0.2, 0.25) is 5.91 Å². The number of carbonyl (C=O) groups is 1. The second-order valence-electron chi connectivity index (χ2n) is 6.25. The summed E-state index contributed by atoms with van der Waals surface area (Å²) in [6, 6.07) is 0.142. The van der Waals surface area contributed by atoms with Gasteiger partial charge in [0, 0.05) is 13.6 Å². The molecule has 2 fully saturated rings. The molecule has 1 heterocycles. The maximum absolute atomic E-state index is 11.9. The fraction of sp³-hybridized carbons (Fsp3) is 0.933. The second-order valence-corrected chi connectivity index (χ2v) is 6.25. The quantitative estimate of drug-likeness (QED) is 0.836. The standard InChI is InChI=1S/C15H28N2O/c1-12-6-8-13(9-7-12)11-17-10-4-3-5-14(17)15(18)16-2/h12-14H,3-11H2,1-2H3,(H,16,18)/t12?,13?,14-/m0/s1. The van der Waals surface area contributed by atoms with E-state index in [1.54, 1.807) is 7.05 Å². The first-order valence-electron chi connectivity index (χ1n) is 7.66. The van der Waals surface area contributed by atoms with E-state index in [4.69, 9.17) is 0 Å². The summed E-state index contributed by atoms with van der Waals surface area (Å²) >= 11 is 0. The molecule has 0 unspecified atom stereocenters. The number of likely N-dealkylation sites (tertiary alicyclic amines) is 1. The lowest BCUT2D eigenvalue weighted by atomic mass is 9.82. The lowest BCUT2D eigenvalue weighted by Crippen LogP contribution is -2.50. The van der Waals surface area contributed by atoms with E-state index in [1.807, 2.05) is 0 Å². The van der Waals surface area contributed by atoms with E-state index in [2.05, 4.69) is 17.1 Å². The van der Waals surface area contributed by atoms with Crippen LogP contribution in [0.1, 0.15) is 51.9 Å².